The van der Waals surface area contributed by atoms with E-state index >= 15 is 0 Å². The Morgan fingerprint density at radius 2 is 1.56 bits per heavy atom. The van der Waals surface area contributed by atoms with Gasteiger partial charge in [0, 0.05) is 10.4 Å². The van der Waals surface area contributed by atoms with Crippen LogP contribution in [0.4, 0.5) is 5.69 Å². The minimum absolute atomic E-state index is 0.0844. The molecule has 0 aliphatic carbocycles. The van der Waals surface area contributed by atoms with E-state index in [0.717, 1.165) is 12.1 Å². The van der Waals surface area contributed by atoms with Crippen LogP contribution in [0.2, 0.25) is 5.02 Å². The molecule has 0 bridgehead atoms. The van der Waals surface area contributed by atoms with Crippen LogP contribution in [0.3, 0.4) is 0 Å². The average Bonchev–Trinajstić information content (AvgIpc) is 2.55. The van der Waals surface area contributed by atoms with Crippen LogP contribution in [-0.2, 0) is 20.0 Å². The summed E-state index contributed by atoms with van der Waals surface area (Å²) in [4.78, 5) is -1.59. The highest BCUT2D eigenvalue weighted by Gasteiger charge is 2.30. The molecule has 3 rings (SSSR count). The summed E-state index contributed by atoms with van der Waals surface area (Å²) in [7, 11) is -9.17. The van der Waals surface area contributed by atoms with Gasteiger partial charge >= 0.3 is 0 Å². The zero-order valence-corrected chi connectivity index (χ0v) is 14.9. The molecule has 0 atom stereocenters. The van der Waals surface area contributed by atoms with Gasteiger partial charge < -0.3 is 5.73 Å². The molecule has 0 heterocycles. The van der Waals surface area contributed by atoms with E-state index in [9.17, 15) is 21.4 Å². The maximum Gasteiger partial charge on any atom is 0.296 e. The fraction of sp³-hybridized carbons (Fsp3) is 0. The second-order valence-electron chi connectivity index (χ2n) is 5.27. The summed E-state index contributed by atoms with van der Waals surface area (Å²) in [5.74, 6) is 0. The number of sulfone groups is 1. The molecular formula is C16H12ClNO5S2. The van der Waals surface area contributed by atoms with E-state index < -0.39 is 29.7 Å². The zero-order valence-electron chi connectivity index (χ0n) is 12.5. The quantitative estimate of drug-likeness (QED) is 0.518. The predicted octanol–water partition coefficient (Wildman–Crippen LogP) is 3.15. The molecule has 0 saturated carbocycles. The summed E-state index contributed by atoms with van der Waals surface area (Å²) in [6, 6.07) is 12.7. The van der Waals surface area contributed by atoms with Crippen LogP contribution in [-0.4, -0.2) is 21.4 Å². The van der Waals surface area contributed by atoms with Crippen molar-refractivity contribution in [2.24, 2.45) is 0 Å². The van der Waals surface area contributed by atoms with Gasteiger partial charge in [-0.05, 0) is 29.7 Å². The van der Waals surface area contributed by atoms with E-state index in [4.69, 9.17) is 17.3 Å². The lowest BCUT2D eigenvalue weighted by molar-refractivity contribution is 0.481. The maximum atomic E-state index is 13.0. The van der Waals surface area contributed by atoms with Gasteiger partial charge in [-0.1, -0.05) is 41.9 Å². The first kappa shape index (κ1) is 17.7. The van der Waals surface area contributed by atoms with Crippen molar-refractivity contribution in [3.8, 4) is 0 Å². The summed E-state index contributed by atoms with van der Waals surface area (Å²) >= 11 is 5.85. The number of hydrogen-bond acceptors (Lipinski definition) is 5. The number of halogens is 1. The number of benzene rings is 3. The first-order chi connectivity index (χ1) is 11.6. The van der Waals surface area contributed by atoms with Gasteiger partial charge in [0.05, 0.1) is 15.5 Å². The lowest BCUT2D eigenvalue weighted by Gasteiger charge is -2.13. The molecule has 3 aromatic carbocycles. The number of hydrogen-bond donors (Lipinski definition) is 2. The molecule has 0 amide bonds. The molecule has 0 aliphatic rings. The van der Waals surface area contributed by atoms with Gasteiger partial charge in [0.1, 0.15) is 4.90 Å². The summed E-state index contributed by atoms with van der Waals surface area (Å²) in [6.07, 6.45) is 0. The number of rotatable bonds is 3. The summed E-state index contributed by atoms with van der Waals surface area (Å²) < 4.78 is 59.5. The summed E-state index contributed by atoms with van der Waals surface area (Å²) in [6.45, 7) is 0. The van der Waals surface area contributed by atoms with Crippen LogP contribution < -0.4 is 5.73 Å². The molecule has 0 aromatic heterocycles. The third-order valence-corrected chi connectivity index (χ3v) is 6.83. The van der Waals surface area contributed by atoms with Crippen molar-refractivity contribution in [3.05, 3.63) is 59.6 Å². The van der Waals surface area contributed by atoms with Crippen molar-refractivity contribution in [3.63, 3.8) is 0 Å². The van der Waals surface area contributed by atoms with Crippen molar-refractivity contribution >= 4 is 48.0 Å². The lowest BCUT2D eigenvalue weighted by Crippen LogP contribution is -2.12. The standard InChI is InChI=1S/C16H12ClNO5S2/c17-11-6-7-13(18)15(9-11)24(19,20)14-8-5-10-3-1-2-4-12(10)16(14)25(21,22)23/h1-9H,18H2,(H,21,22,23). The predicted molar refractivity (Wildman–Crippen MR) is 95.1 cm³/mol. The molecular weight excluding hydrogens is 386 g/mol. The van der Waals surface area contributed by atoms with Gasteiger partial charge in [-0.25, -0.2) is 8.42 Å². The second-order valence-corrected chi connectivity index (χ2v) is 8.96. The Hall–Kier alpha value is -2.13. The van der Waals surface area contributed by atoms with Gasteiger partial charge in [-0.2, -0.15) is 8.42 Å². The molecule has 9 heteroatoms. The number of nitrogen functional groups attached to an aromatic ring is 1. The Kier molecular flexibility index (Phi) is 4.24. The minimum atomic E-state index is -4.83. The third kappa shape index (κ3) is 3.09. The summed E-state index contributed by atoms with van der Waals surface area (Å²) in [5.41, 5.74) is 5.65. The van der Waals surface area contributed by atoms with Crippen molar-refractivity contribution in [2.75, 3.05) is 5.73 Å². The summed E-state index contributed by atoms with van der Waals surface area (Å²) in [5, 5.41) is 0.682. The van der Waals surface area contributed by atoms with Crippen LogP contribution in [0.1, 0.15) is 0 Å². The molecule has 3 aromatic rings. The Bertz CT molecular complexity index is 1200. The van der Waals surface area contributed by atoms with Crippen molar-refractivity contribution < 1.29 is 21.4 Å². The monoisotopic (exact) mass is 397 g/mol. The van der Waals surface area contributed by atoms with E-state index in [1.165, 1.54) is 24.3 Å². The van der Waals surface area contributed by atoms with E-state index in [2.05, 4.69) is 0 Å². The Morgan fingerprint density at radius 3 is 2.24 bits per heavy atom. The van der Waals surface area contributed by atoms with Gasteiger partial charge in [0.15, 0.2) is 0 Å². The van der Waals surface area contributed by atoms with Crippen molar-refractivity contribution in [1.29, 1.82) is 0 Å². The molecule has 25 heavy (non-hydrogen) atoms. The van der Waals surface area contributed by atoms with Crippen LogP contribution in [0.15, 0.2) is 69.3 Å². The van der Waals surface area contributed by atoms with E-state index in [-0.39, 0.29) is 21.0 Å². The second kappa shape index (κ2) is 5.99. The lowest BCUT2D eigenvalue weighted by atomic mass is 10.1. The van der Waals surface area contributed by atoms with Crippen LogP contribution in [0, 0.1) is 0 Å². The molecule has 130 valence electrons. The highest BCUT2D eigenvalue weighted by atomic mass is 35.5. The molecule has 0 spiro atoms. The molecule has 0 radical (unpaired) electrons. The molecule has 0 saturated heterocycles. The molecule has 6 nitrogen and oxygen atoms in total. The van der Waals surface area contributed by atoms with Gasteiger partial charge in [0.25, 0.3) is 10.1 Å². The fourth-order valence-corrected chi connectivity index (χ4v) is 5.73. The van der Waals surface area contributed by atoms with E-state index in [1.54, 1.807) is 18.2 Å². The van der Waals surface area contributed by atoms with Gasteiger partial charge in [-0.3, -0.25) is 4.55 Å². The van der Waals surface area contributed by atoms with Crippen LogP contribution in [0.5, 0.6) is 0 Å². The minimum Gasteiger partial charge on any atom is -0.398 e. The molecule has 0 unspecified atom stereocenters. The zero-order chi connectivity index (χ0) is 18.4. The first-order valence-corrected chi connectivity index (χ1v) is 10.2. The Labute approximate surface area is 149 Å². The highest BCUT2D eigenvalue weighted by molar-refractivity contribution is 7.93. The van der Waals surface area contributed by atoms with E-state index in [0.29, 0.717) is 5.39 Å². The third-order valence-electron chi connectivity index (χ3n) is 3.66. The Balaban J connectivity index is 2.45. The topological polar surface area (TPSA) is 115 Å². The normalized spacial score (nSPS) is 12.4. The Morgan fingerprint density at radius 1 is 0.880 bits per heavy atom. The van der Waals surface area contributed by atoms with E-state index in [1.807, 2.05) is 0 Å². The molecule has 0 fully saturated rings. The maximum absolute atomic E-state index is 13.0. The number of fused-ring (bicyclic) bond motifs is 1. The van der Waals surface area contributed by atoms with Crippen LogP contribution >= 0.6 is 11.6 Å². The smallest absolute Gasteiger partial charge is 0.296 e. The van der Waals surface area contributed by atoms with Crippen molar-refractivity contribution in [2.45, 2.75) is 14.7 Å². The van der Waals surface area contributed by atoms with Gasteiger partial charge in [-0.15, -0.1) is 0 Å². The van der Waals surface area contributed by atoms with Crippen molar-refractivity contribution in [1.82, 2.24) is 0 Å². The number of nitrogens with two attached hydrogens (primary N) is 1. The molecule has 3 N–H and O–H groups in total. The molecule has 0 aliphatic heterocycles. The van der Waals surface area contributed by atoms with Gasteiger partial charge in [0.2, 0.25) is 9.84 Å². The largest absolute Gasteiger partial charge is 0.398 e. The van der Waals surface area contributed by atoms with Crippen LogP contribution in [0.25, 0.3) is 10.8 Å². The SMILES string of the molecule is Nc1ccc(Cl)cc1S(=O)(=O)c1ccc2ccccc2c1S(=O)(=O)O. The first-order valence-electron chi connectivity index (χ1n) is 6.92. The fourth-order valence-electron chi connectivity index (χ4n) is 2.56. The highest BCUT2D eigenvalue weighted by Crippen LogP contribution is 2.35. The average molecular weight is 398 g/mol. The number of anilines is 1.